The summed E-state index contributed by atoms with van der Waals surface area (Å²) in [4.78, 5) is 11.1. The first-order chi connectivity index (χ1) is 7.63. The fourth-order valence-electron chi connectivity index (χ4n) is 1.86. The zero-order valence-corrected chi connectivity index (χ0v) is 9.66. The lowest BCUT2D eigenvalue weighted by Gasteiger charge is -2.02. The Hall–Kier alpha value is -1.48. The predicted molar refractivity (Wildman–Crippen MR) is 64.2 cm³/mol. The first-order valence-corrected chi connectivity index (χ1v) is 5.53. The fourth-order valence-corrected chi connectivity index (χ4v) is 2.03. The smallest absolute Gasteiger partial charge is 0.337 e. The van der Waals surface area contributed by atoms with Gasteiger partial charge in [0, 0.05) is 23.2 Å². The number of rotatable bonds is 3. The molecule has 0 saturated carbocycles. The number of aryl methyl sites for hydroxylation is 1. The molecule has 0 fully saturated rings. The van der Waals surface area contributed by atoms with Crippen molar-refractivity contribution in [2.45, 2.75) is 19.9 Å². The number of benzene rings is 1. The minimum Gasteiger partial charge on any atom is -0.478 e. The molecular formula is C12H12ClNO2. The number of hydrogen-bond donors (Lipinski definition) is 1. The van der Waals surface area contributed by atoms with Crippen molar-refractivity contribution in [2.75, 3.05) is 0 Å². The highest BCUT2D eigenvalue weighted by Gasteiger charge is 2.13. The molecule has 2 rings (SSSR count). The SMILES string of the molecule is CCCn1cc(C(=O)O)c2ccc(Cl)cc21. The number of halogens is 1. The van der Waals surface area contributed by atoms with E-state index in [0.29, 0.717) is 10.6 Å². The Balaban J connectivity index is 2.71. The number of hydrogen-bond acceptors (Lipinski definition) is 1. The largest absolute Gasteiger partial charge is 0.478 e. The van der Waals surface area contributed by atoms with Gasteiger partial charge in [0.05, 0.1) is 11.1 Å². The third-order valence-electron chi connectivity index (χ3n) is 2.54. The number of carboxylic acid groups (broad SMARTS) is 1. The molecule has 1 aromatic carbocycles. The summed E-state index contributed by atoms with van der Waals surface area (Å²) in [5.41, 5.74) is 1.21. The first-order valence-electron chi connectivity index (χ1n) is 5.15. The van der Waals surface area contributed by atoms with Gasteiger partial charge in [-0.3, -0.25) is 0 Å². The molecule has 4 heteroatoms. The molecule has 0 aliphatic rings. The first kappa shape index (κ1) is 11.0. The van der Waals surface area contributed by atoms with E-state index in [1.165, 1.54) is 0 Å². The minimum absolute atomic E-state index is 0.333. The van der Waals surface area contributed by atoms with Crippen LogP contribution in [-0.4, -0.2) is 15.6 Å². The van der Waals surface area contributed by atoms with Gasteiger partial charge in [-0.2, -0.15) is 0 Å². The van der Waals surface area contributed by atoms with E-state index in [2.05, 4.69) is 6.92 Å². The van der Waals surface area contributed by atoms with Crippen LogP contribution in [-0.2, 0) is 6.54 Å². The van der Waals surface area contributed by atoms with Crippen LogP contribution in [0.5, 0.6) is 0 Å². The van der Waals surface area contributed by atoms with Gasteiger partial charge in [0.25, 0.3) is 0 Å². The number of carbonyl (C=O) groups is 1. The van der Waals surface area contributed by atoms with E-state index >= 15 is 0 Å². The molecule has 3 nitrogen and oxygen atoms in total. The van der Waals surface area contributed by atoms with Gasteiger partial charge in [-0.05, 0) is 18.6 Å². The van der Waals surface area contributed by atoms with Crippen LogP contribution in [0.15, 0.2) is 24.4 Å². The van der Waals surface area contributed by atoms with Crippen LogP contribution < -0.4 is 0 Å². The molecule has 2 aromatic rings. The van der Waals surface area contributed by atoms with E-state index in [0.717, 1.165) is 23.9 Å². The molecule has 0 saturated heterocycles. The summed E-state index contributed by atoms with van der Waals surface area (Å²) in [7, 11) is 0. The molecule has 16 heavy (non-hydrogen) atoms. The van der Waals surface area contributed by atoms with Gasteiger partial charge in [0.15, 0.2) is 0 Å². The average Bonchev–Trinajstić information content (AvgIpc) is 2.58. The van der Waals surface area contributed by atoms with E-state index in [-0.39, 0.29) is 0 Å². The molecule has 1 N–H and O–H groups in total. The van der Waals surface area contributed by atoms with Crippen molar-refractivity contribution in [2.24, 2.45) is 0 Å². The molecule has 0 bridgehead atoms. The van der Waals surface area contributed by atoms with Crippen molar-refractivity contribution in [3.8, 4) is 0 Å². The summed E-state index contributed by atoms with van der Waals surface area (Å²) in [6.07, 6.45) is 2.63. The zero-order chi connectivity index (χ0) is 11.7. The van der Waals surface area contributed by atoms with Crippen molar-refractivity contribution in [3.05, 3.63) is 35.0 Å². The van der Waals surface area contributed by atoms with Crippen LogP contribution in [0.1, 0.15) is 23.7 Å². The van der Waals surface area contributed by atoms with Gasteiger partial charge in [-0.25, -0.2) is 4.79 Å². The maximum atomic E-state index is 11.1. The van der Waals surface area contributed by atoms with Crippen molar-refractivity contribution < 1.29 is 9.90 Å². The second-order valence-electron chi connectivity index (χ2n) is 3.70. The number of nitrogens with zero attached hydrogens (tertiary/aromatic N) is 1. The Morgan fingerprint density at radius 3 is 2.88 bits per heavy atom. The van der Waals surface area contributed by atoms with E-state index in [4.69, 9.17) is 16.7 Å². The van der Waals surface area contributed by atoms with Crippen molar-refractivity contribution in [1.29, 1.82) is 0 Å². The van der Waals surface area contributed by atoms with Crippen LogP contribution in [0.25, 0.3) is 10.9 Å². The summed E-state index contributed by atoms with van der Waals surface area (Å²) in [6.45, 7) is 2.85. The number of fused-ring (bicyclic) bond motifs is 1. The highest BCUT2D eigenvalue weighted by atomic mass is 35.5. The molecule has 1 heterocycles. The Bertz CT molecular complexity index is 545. The van der Waals surface area contributed by atoms with Crippen LogP contribution in [0.2, 0.25) is 5.02 Å². The second kappa shape index (κ2) is 4.18. The lowest BCUT2D eigenvalue weighted by molar-refractivity contribution is 0.0699. The fraction of sp³-hybridized carbons (Fsp3) is 0.250. The highest BCUT2D eigenvalue weighted by Crippen LogP contribution is 2.25. The van der Waals surface area contributed by atoms with Crippen LogP contribution in [0, 0.1) is 0 Å². The second-order valence-corrected chi connectivity index (χ2v) is 4.14. The third-order valence-corrected chi connectivity index (χ3v) is 2.77. The van der Waals surface area contributed by atoms with E-state index in [9.17, 15) is 4.79 Å². The Labute approximate surface area is 98.3 Å². The predicted octanol–water partition coefficient (Wildman–Crippen LogP) is 3.40. The van der Waals surface area contributed by atoms with E-state index < -0.39 is 5.97 Å². The zero-order valence-electron chi connectivity index (χ0n) is 8.90. The molecule has 0 radical (unpaired) electrons. The summed E-state index contributed by atoms with van der Waals surface area (Å²) < 4.78 is 1.94. The van der Waals surface area contributed by atoms with Gasteiger partial charge in [0.1, 0.15) is 0 Å². The monoisotopic (exact) mass is 237 g/mol. The van der Waals surface area contributed by atoms with E-state index in [1.54, 1.807) is 24.4 Å². The molecule has 0 aliphatic carbocycles. The van der Waals surface area contributed by atoms with Crippen molar-refractivity contribution in [3.63, 3.8) is 0 Å². The quantitative estimate of drug-likeness (QED) is 0.889. The maximum Gasteiger partial charge on any atom is 0.337 e. The summed E-state index contributed by atoms with van der Waals surface area (Å²) in [5, 5.41) is 10.5. The van der Waals surface area contributed by atoms with Gasteiger partial charge >= 0.3 is 5.97 Å². The van der Waals surface area contributed by atoms with Crippen molar-refractivity contribution >= 4 is 28.5 Å². The topological polar surface area (TPSA) is 42.2 Å². The standard InChI is InChI=1S/C12H12ClNO2/c1-2-5-14-7-10(12(15)16)9-4-3-8(13)6-11(9)14/h3-4,6-7H,2,5H2,1H3,(H,15,16). The lowest BCUT2D eigenvalue weighted by Crippen LogP contribution is -1.96. The molecular weight excluding hydrogens is 226 g/mol. The van der Waals surface area contributed by atoms with Gasteiger partial charge in [-0.15, -0.1) is 0 Å². The Kier molecular flexibility index (Phi) is 2.88. The van der Waals surface area contributed by atoms with Crippen LogP contribution in [0.4, 0.5) is 0 Å². The molecule has 0 spiro atoms. The summed E-state index contributed by atoms with van der Waals surface area (Å²) in [5.74, 6) is -0.901. The third kappa shape index (κ3) is 1.78. The number of aromatic carboxylic acids is 1. The summed E-state index contributed by atoms with van der Waals surface area (Å²) in [6, 6.07) is 5.28. The molecule has 0 aliphatic heterocycles. The lowest BCUT2D eigenvalue weighted by atomic mass is 10.2. The van der Waals surface area contributed by atoms with Crippen LogP contribution >= 0.6 is 11.6 Å². The van der Waals surface area contributed by atoms with E-state index in [1.807, 2.05) is 4.57 Å². The molecule has 1 aromatic heterocycles. The molecule has 0 amide bonds. The number of carboxylic acids is 1. The highest BCUT2D eigenvalue weighted by molar-refractivity contribution is 6.31. The summed E-state index contributed by atoms with van der Waals surface area (Å²) >= 11 is 5.92. The van der Waals surface area contributed by atoms with Gasteiger partial charge in [-0.1, -0.05) is 24.6 Å². The Morgan fingerprint density at radius 2 is 2.25 bits per heavy atom. The minimum atomic E-state index is -0.901. The van der Waals surface area contributed by atoms with Gasteiger partial charge < -0.3 is 9.67 Å². The molecule has 84 valence electrons. The molecule has 0 atom stereocenters. The average molecular weight is 238 g/mol. The van der Waals surface area contributed by atoms with Gasteiger partial charge in [0.2, 0.25) is 0 Å². The van der Waals surface area contributed by atoms with Crippen LogP contribution in [0.3, 0.4) is 0 Å². The maximum absolute atomic E-state index is 11.1. The number of aromatic nitrogens is 1. The van der Waals surface area contributed by atoms with Crippen molar-refractivity contribution in [1.82, 2.24) is 4.57 Å². The normalized spacial score (nSPS) is 10.9. The molecule has 0 unspecified atom stereocenters. The Morgan fingerprint density at radius 1 is 1.50 bits per heavy atom.